The minimum atomic E-state index is -2.85. The molecule has 0 saturated carbocycles. The molecule has 1 N–H and O–H groups in total. The van der Waals surface area contributed by atoms with Crippen LogP contribution in [0.2, 0.25) is 0 Å². The molecule has 0 radical (unpaired) electrons. The van der Waals surface area contributed by atoms with Crippen molar-refractivity contribution in [3.05, 3.63) is 29.8 Å². The molecule has 1 aliphatic rings. The van der Waals surface area contributed by atoms with Gasteiger partial charge in [0, 0.05) is 25.2 Å². The summed E-state index contributed by atoms with van der Waals surface area (Å²) in [7, 11) is 1.77. The first kappa shape index (κ1) is 14.7. The average molecular weight is 284 g/mol. The van der Waals surface area contributed by atoms with Crippen LogP contribution in [0.5, 0.6) is 5.75 Å². The van der Waals surface area contributed by atoms with Crippen LogP contribution in [0.3, 0.4) is 0 Å². The number of carbonyl (C=O) groups excluding carboxylic acids is 1. The zero-order valence-corrected chi connectivity index (χ0v) is 11.3. The molecule has 0 bridgehead atoms. The second-order valence-corrected chi connectivity index (χ2v) is 4.82. The van der Waals surface area contributed by atoms with Crippen LogP contribution in [0.4, 0.5) is 8.78 Å². The van der Waals surface area contributed by atoms with E-state index in [-0.39, 0.29) is 17.7 Å². The number of nitrogens with one attached hydrogen (secondary N) is 1. The lowest BCUT2D eigenvalue weighted by molar-refractivity contribution is -0.0498. The minimum Gasteiger partial charge on any atom is -0.435 e. The van der Waals surface area contributed by atoms with Crippen molar-refractivity contribution in [3.63, 3.8) is 0 Å². The molecular formula is C14H18F2N2O2. The molecule has 1 heterocycles. The maximum Gasteiger partial charge on any atom is 0.387 e. The Morgan fingerprint density at radius 1 is 1.40 bits per heavy atom. The second kappa shape index (κ2) is 6.65. The molecule has 1 unspecified atom stereocenters. The van der Waals surface area contributed by atoms with Crippen molar-refractivity contribution in [1.29, 1.82) is 0 Å². The van der Waals surface area contributed by atoms with E-state index in [1.165, 1.54) is 24.3 Å². The monoisotopic (exact) mass is 284 g/mol. The quantitative estimate of drug-likeness (QED) is 0.920. The summed E-state index contributed by atoms with van der Waals surface area (Å²) in [6.45, 7) is -1.08. The lowest BCUT2D eigenvalue weighted by atomic mass is 10.1. The lowest BCUT2D eigenvalue weighted by Gasteiger charge is -2.31. The Bertz CT molecular complexity index is 445. The predicted molar refractivity (Wildman–Crippen MR) is 71.1 cm³/mol. The standard InChI is InChI=1S/C14H18F2N2O2/c1-18(11-3-2-8-17-9-11)13(19)10-4-6-12(7-5-10)20-14(15)16/h4-7,11,14,17H,2-3,8-9H2,1H3. The number of benzene rings is 1. The molecule has 20 heavy (non-hydrogen) atoms. The van der Waals surface area contributed by atoms with Crippen LogP contribution < -0.4 is 10.1 Å². The Balaban J connectivity index is 2.00. The summed E-state index contributed by atoms with van der Waals surface area (Å²) in [4.78, 5) is 14.0. The first-order chi connectivity index (χ1) is 9.58. The molecule has 1 fully saturated rings. The molecule has 110 valence electrons. The number of rotatable bonds is 4. The van der Waals surface area contributed by atoms with E-state index in [0.717, 1.165) is 25.9 Å². The van der Waals surface area contributed by atoms with Gasteiger partial charge in [-0.15, -0.1) is 0 Å². The molecule has 1 saturated heterocycles. The van der Waals surface area contributed by atoms with E-state index in [9.17, 15) is 13.6 Å². The molecule has 1 amide bonds. The third kappa shape index (κ3) is 3.66. The van der Waals surface area contributed by atoms with Gasteiger partial charge < -0.3 is 15.0 Å². The first-order valence-corrected chi connectivity index (χ1v) is 6.60. The van der Waals surface area contributed by atoms with E-state index in [4.69, 9.17) is 0 Å². The molecular weight excluding hydrogens is 266 g/mol. The maximum atomic E-state index is 12.3. The summed E-state index contributed by atoms with van der Waals surface area (Å²) in [6, 6.07) is 5.95. The van der Waals surface area contributed by atoms with E-state index < -0.39 is 6.61 Å². The van der Waals surface area contributed by atoms with Gasteiger partial charge in [-0.25, -0.2) is 0 Å². The zero-order valence-electron chi connectivity index (χ0n) is 11.3. The van der Waals surface area contributed by atoms with Gasteiger partial charge in [-0.05, 0) is 43.7 Å². The molecule has 1 aromatic carbocycles. The lowest BCUT2D eigenvalue weighted by Crippen LogP contribution is -2.46. The number of likely N-dealkylation sites (N-methyl/N-ethyl adjacent to an activating group) is 1. The Labute approximate surface area is 116 Å². The summed E-state index contributed by atoms with van der Waals surface area (Å²) >= 11 is 0. The topological polar surface area (TPSA) is 41.6 Å². The number of alkyl halides is 2. The molecule has 1 atom stereocenters. The van der Waals surface area contributed by atoms with E-state index in [1.807, 2.05) is 0 Å². The van der Waals surface area contributed by atoms with Crippen LogP contribution in [-0.2, 0) is 0 Å². The van der Waals surface area contributed by atoms with Crippen LogP contribution in [0.25, 0.3) is 0 Å². The predicted octanol–water partition coefficient (Wildman–Crippen LogP) is 2.11. The summed E-state index contributed by atoms with van der Waals surface area (Å²) < 4.78 is 28.4. The normalized spacial score (nSPS) is 18.9. The van der Waals surface area contributed by atoms with Gasteiger partial charge in [0.1, 0.15) is 5.75 Å². The van der Waals surface area contributed by atoms with Crippen molar-refractivity contribution in [1.82, 2.24) is 10.2 Å². The molecule has 2 rings (SSSR count). The number of halogens is 2. The van der Waals surface area contributed by atoms with Crippen molar-refractivity contribution < 1.29 is 18.3 Å². The van der Waals surface area contributed by atoms with Crippen LogP contribution in [0.15, 0.2) is 24.3 Å². The molecule has 1 aliphatic heterocycles. The van der Waals surface area contributed by atoms with Crippen molar-refractivity contribution in [2.24, 2.45) is 0 Å². The summed E-state index contributed by atoms with van der Waals surface area (Å²) in [5.74, 6) is -0.0548. The smallest absolute Gasteiger partial charge is 0.387 e. The number of amides is 1. The van der Waals surface area contributed by atoms with Gasteiger partial charge in [0.05, 0.1) is 0 Å². The van der Waals surface area contributed by atoms with E-state index in [1.54, 1.807) is 11.9 Å². The highest BCUT2D eigenvalue weighted by Gasteiger charge is 2.22. The number of ether oxygens (including phenoxy) is 1. The average Bonchev–Trinajstić information content (AvgIpc) is 2.47. The van der Waals surface area contributed by atoms with Gasteiger partial charge in [-0.1, -0.05) is 0 Å². The van der Waals surface area contributed by atoms with Crippen molar-refractivity contribution in [2.45, 2.75) is 25.5 Å². The fourth-order valence-electron chi connectivity index (χ4n) is 2.31. The van der Waals surface area contributed by atoms with Gasteiger partial charge in [-0.3, -0.25) is 4.79 Å². The van der Waals surface area contributed by atoms with Gasteiger partial charge in [0.25, 0.3) is 5.91 Å². The van der Waals surface area contributed by atoms with E-state index in [0.29, 0.717) is 5.56 Å². The Morgan fingerprint density at radius 3 is 2.65 bits per heavy atom. The molecule has 0 aromatic heterocycles. The largest absolute Gasteiger partial charge is 0.435 e. The van der Waals surface area contributed by atoms with Crippen molar-refractivity contribution >= 4 is 5.91 Å². The van der Waals surface area contributed by atoms with Gasteiger partial charge in [0.15, 0.2) is 0 Å². The van der Waals surface area contributed by atoms with Crippen LogP contribution in [0, 0.1) is 0 Å². The van der Waals surface area contributed by atoms with Crippen LogP contribution in [0.1, 0.15) is 23.2 Å². The highest BCUT2D eigenvalue weighted by atomic mass is 19.3. The van der Waals surface area contributed by atoms with Crippen LogP contribution in [-0.4, -0.2) is 43.6 Å². The summed E-state index contributed by atoms with van der Waals surface area (Å²) in [5.41, 5.74) is 0.472. The van der Waals surface area contributed by atoms with Crippen molar-refractivity contribution in [3.8, 4) is 5.75 Å². The molecule has 6 heteroatoms. The number of nitrogens with zero attached hydrogens (tertiary/aromatic N) is 1. The Hall–Kier alpha value is -1.69. The van der Waals surface area contributed by atoms with Gasteiger partial charge >= 0.3 is 6.61 Å². The minimum absolute atomic E-state index is 0.0542. The van der Waals surface area contributed by atoms with E-state index >= 15 is 0 Å². The number of hydrogen-bond acceptors (Lipinski definition) is 3. The highest BCUT2D eigenvalue weighted by Crippen LogP contribution is 2.17. The number of hydrogen-bond donors (Lipinski definition) is 1. The van der Waals surface area contributed by atoms with Crippen LogP contribution >= 0.6 is 0 Å². The Kier molecular flexibility index (Phi) is 4.89. The third-order valence-electron chi connectivity index (χ3n) is 3.47. The van der Waals surface area contributed by atoms with Gasteiger partial charge in [-0.2, -0.15) is 8.78 Å². The van der Waals surface area contributed by atoms with Gasteiger partial charge in [0.2, 0.25) is 0 Å². The SMILES string of the molecule is CN(C(=O)c1ccc(OC(F)F)cc1)C1CCCNC1. The number of piperidine rings is 1. The molecule has 0 spiro atoms. The zero-order chi connectivity index (χ0) is 14.5. The fraction of sp³-hybridized carbons (Fsp3) is 0.500. The van der Waals surface area contributed by atoms with E-state index in [2.05, 4.69) is 10.1 Å². The maximum absolute atomic E-state index is 12.3. The van der Waals surface area contributed by atoms with Crippen molar-refractivity contribution in [2.75, 3.05) is 20.1 Å². The highest BCUT2D eigenvalue weighted by molar-refractivity contribution is 5.94. The Morgan fingerprint density at radius 2 is 2.10 bits per heavy atom. The molecule has 1 aromatic rings. The fourth-order valence-corrected chi connectivity index (χ4v) is 2.31. The number of carbonyl (C=O) groups is 1. The molecule has 4 nitrogen and oxygen atoms in total. The first-order valence-electron chi connectivity index (χ1n) is 6.60. The summed E-state index contributed by atoms with van der Waals surface area (Å²) in [6.07, 6.45) is 2.02. The second-order valence-electron chi connectivity index (χ2n) is 4.82. The third-order valence-corrected chi connectivity index (χ3v) is 3.47. The molecule has 0 aliphatic carbocycles. The summed E-state index contributed by atoms with van der Waals surface area (Å²) in [5, 5.41) is 3.26.